The van der Waals surface area contributed by atoms with Gasteiger partial charge in [-0.3, -0.25) is 14.4 Å². The van der Waals surface area contributed by atoms with Crippen LogP contribution in [0.15, 0.2) is 17.5 Å². The van der Waals surface area contributed by atoms with Gasteiger partial charge in [0.2, 0.25) is 5.91 Å². The standard InChI is InChI=1S/C19H27NO4S/c21-16(17-7-4-12-25-17)9-10-18(22)20-15(8-11-19(23)24)13-14-5-2-1-3-6-14/h4,7,12,14-15H,1-3,5-6,8-11,13H2,(H,20,22)(H,23,24). The van der Waals surface area contributed by atoms with Crippen molar-refractivity contribution in [3.63, 3.8) is 0 Å². The fraction of sp³-hybridized carbons (Fsp3) is 0.632. The van der Waals surface area contributed by atoms with Crippen molar-refractivity contribution in [2.75, 3.05) is 0 Å². The summed E-state index contributed by atoms with van der Waals surface area (Å²) in [6, 6.07) is 3.48. The topological polar surface area (TPSA) is 83.5 Å². The van der Waals surface area contributed by atoms with E-state index in [9.17, 15) is 14.4 Å². The summed E-state index contributed by atoms with van der Waals surface area (Å²) in [6.07, 6.45) is 7.76. The SMILES string of the molecule is O=C(O)CCC(CC1CCCCC1)NC(=O)CCC(=O)c1cccs1. The zero-order valence-electron chi connectivity index (χ0n) is 14.5. The highest BCUT2D eigenvalue weighted by atomic mass is 32.1. The normalized spacial score (nSPS) is 16.3. The summed E-state index contributed by atoms with van der Waals surface area (Å²) < 4.78 is 0. The van der Waals surface area contributed by atoms with Crippen LogP contribution in [-0.4, -0.2) is 28.8 Å². The van der Waals surface area contributed by atoms with Gasteiger partial charge in [-0.15, -0.1) is 11.3 Å². The first kappa shape index (κ1) is 19.6. The number of hydrogen-bond donors (Lipinski definition) is 2. The molecule has 1 saturated carbocycles. The number of carbonyl (C=O) groups is 3. The molecule has 1 aromatic heterocycles. The molecule has 0 spiro atoms. The Labute approximate surface area is 152 Å². The van der Waals surface area contributed by atoms with Crippen LogP contribution < -0.4 is 5.32 Å². The minimum absolute atomic E-state index is 0.0143. The highest BCUT2D eigenvalue weighted by molar-refractivity contribution is 7.12. The van der Waals surface area contributed by atoms with Crippen LogP contribution in [0.5, 0.6) is 0 Å². The van der Waals surface area contributed by atoms with Gasteiger partial charge in [0.1, 0.15) is 0 Å². The Balaban J connectivity index is 1.80. The zero-order chi connectivity index (χ0) is 18.1. The van der Waals surface area contributed by atoms with Crippen LogP contribution in [0.3, 0.4) is 0 Å². The maximum atomic E-state index is 12.2. The average molecular weight is 365 g/mol. The van der Waals surface area contributed by atoms with Gasteiger partial charge in [0.25, 0.3) is 0 Å². The number of carboxylic acids is 1. The number of hydrogen-bond acceptors (Lipinski definition) is 4. The van der Waals surface area contributed by atoms with E-state index < -0.39 is 5.97 Å². The maximum absolute atomic E-state index is 12.2. The molecule has 2 rings (SSSR count). The molecule has 25 heavy (non-hydrogen) atoms. The fourth-order valence-corrected chi connectivity index (χ4v) is 4.15. The van der Waals surface area contributed by atoms with Crippen LogP contribution >= 0.6 is 11.3 Å². The predicted octanol–water partition coefficient (Wildman–Crippen LogP) is 4.03. The first-order chi connectivity index (χ1) is 12.0. The molecule has 5 nitrogen and oxygen atoms in total. The summed E-state index contributed by atoms with van der Waals surface area (Å²) >= 11 is 1.38. The second-order valence-corrected chi connectivity index (χ2v) is 7.78. The van der Waals surface area contributed by atoms with E-state index >= 15 is 0 Å². The van der Waals surface area contributed by atoms with Gasteiger partial charge in [-0.05, 0) is 30.2 Å². The molecule has 1 aromatic rings. The molecule has 0 aromatic carbocycles. The summed E-state index contributed by atoms with van der Waals surface area (Å²) in [4.78, 5) is 35.7. The van der Waals surface area contributed by atoms with Gasteiger partial charge in [-0.2, -0.15) is 0 Å². The summed E-state index contributed by atoms with van der Waals surface area (Å²) in [5.41, 5.74) is 0. The van der Waals surface area contributed by atoms with Crippen molar-refractivity contribution >= 4 is 29.0 Å². The Bertz CT molecular complexity index is 564. The summed E-state index contributed by atoms with van der Waals surface area (Å²) in [5.74, 6) is -0.438. The third kappa shape index (κ3) is 7.38. The van der Waals surface area contributed by atoms with E-state index in [-0.39, 0.29) is 37.0 Å². The van der Waals surface area contributed by atoms with E-state index in [1.807, 2.05) is 11.4 Å². The lowest BCUT2D eigenvalue weighted by Crippen LogP contribution is -2.37. The number of Topliss-reactive ketones (excluding diaryl/α,β-unsaturated/α-hetero) is 1. The monoisotopic (exact) mass is 365 g/mol. The van der Waals surface area contributed by atoms with Crippen molar-refractivity contribution in [2.24, 2.45) is 5.92 Å². The zero-order valence-corrected chi connectivity index (χ0v) is 15.4. The van der Waals surface area contributed by atoms with Gasteiger partial charge >= 0.3 is 5.97 Å². The van der Waals surface area contributed by atoms with E-state index in [1.165, 1.54) is 30.6 Å². The lowest BCUT2D eigenvalue weighted by atomic mass is 9.84. The lowest BCUT2D eigenvalue weighted by Gasteiger charge is -2.27. The smallest absolute Gasteiger partial charge is 0.303 e. The van der Waals surface area contributed by atoms with Crippen molar-refractivity contribution in [3.8, 4) is 0 Å². The molecule has 1 unspecified atom stereocenters. The number of carboxylic acid groups (broad SMARTS) is 1. The van der Waals surface area contributed by atoms with Gasteiger partial charge in [0, 0.05) is 25.3 Å². The molecule has 1 fully saturated rings. The number of nitrogens with one attached hydrogen (secondary N) is 1. The third-order valence-corrected chi connectivity index (χ3v) is 5.70. The number of amides is 1. The largest absolute Gasteiger partial charge is 0.481 e. The first-order valence-corrected chi connectivity index (χ1v) is 10.0. The number of aliphatic carboxylic acids is 1. The van der Waals surface area contributed by atoms with Crippen LogP contribution in [0.1, 0.15) is 73.9 Å². The number of thiophene rings is 1. The van der Waals surface area contributed by atoms with Crippen LogP contribution in [0.25, 0.3) is 0 Å². The third-order valence-electron chi connectivity index (χ3n) is 4.79. The second-order valence-electron chi connectivity index (χ2n) is 6.84. The Morgan fingerprint density at radius 1 is 1.16 bits per heavy atom. The molecule has 1 amide bonds. The molecule has 1 atom stereocenters. The van der Waals surface area contributed by atoms with Crippen molar-refractivity contribution < 1.29 is 19.5 Å². The quantitative estimate of drug-likeness (QED) is 0.613. The van der Waals surface area contributed by atoms with Gasteiger partial charge in [-0.1, -0.05) is 38.2 Å². The van der Waals surface area contributed by atoms with Crippen molar-refractivity contribution in [2.45, 2.75) is 70.3 Å². The highest BCUT2D eigenvalue weighted by Gasteiger charge is 2.21. The van der Waals surface area contributed by atoms with Crippen LogP contribution in [0.4, 0.5) is 0 Å². The van der Waals surface area contributed by atoms with Crippen molar-refractivity contribution in [1.82, 2.24) is 5.32 Å². The first-order valence-electron chi connectivity index (χ1n) is 9.12. The highest BCUT2D eigenvalue weighted by Crippen LogP contribution is 2.28. The van der Waals surface area contributed by atoms with E-state index in [2.05, 4.69) is 5.32 Å². The van der Waals surface area contributed by atoms with Crippen LogP contribution in [0, 0.1) is 5.92 Å². The molecule has 2 N–H and O–H groups in total. The fourth-order valence-electron chi connectivity index (χ4n) is 3.46. The van der Waals surface area contributed by atoms with E-state index in [4.69, 9.17) is 5.11 Å². The number of ketones is 1. The molecule has 1 aliphatic carbocycles. The molecule has 0 saturated heterocycles. The molecular formula is C19H27NO4S. The minimum Gasteiger partial charge on any atom is -0.481 e. The Morgan fingerprint density at radius 3 is 2.56 bits per heavy atom. The van der Waals surface area contributed by atoms with Gasteiger partial charge in [0.15, 0.2) is 5.78 Å². The number of carbonyl (C=O) groups excluding carboxylic acids is 2. The van der Waals surface area contributed by atoms with Crippen LogP contribution in [-0.2, 0) is 9.59 Å². The average Bonchev–Trinajstić information content (AvgIpc) is 3.13. The maximum Gasteiger partial charge on any atom is 0.303 e. The van der Waals surface area contributed by atoms with E-state index in [0.29, 0.717) is 17.2 Å². The molecular weight excluding hydrogens is 338 g/mol. The molecule has 1 aliphatic rings. The Morgan fingerprint density at radius 2 is 1.92 bits per heavy atom. The summed E-state index contributed by atoms with van der Waals surface area (Å²) in [7, 11) is 0. The minimum atomic E-state index is -0.837. The number of rotatable bonds is 10. The van der Waals surface area contributed by atoms with Gasteiger partial charge in [-0.25, -0.2) is 0 Å². The molecule has 138 valence electrons. The molecule has 1 heterocycles. The predicted molar refractivity (Wildman–Crippen MR) is 97.9 cm³/mol. The van der Waals surface area contributed by atoms with Gasteiger partial charge in [0.05, 0.1) is 4.88 Å². The Kier molecular flexibility index (Phi) is 8.12. The summed E-state index contributed by atoms with van der Waals surface area (Å²) in [6.45, 7) is 0. The lowest BCUT2D eigenvalue weighted by molar-refractivity contribution is -0.137. The van der Waals surface area contributed by atoms with Crippen LogP contribution in [0.2, 0.25) is 0 Å². The molecule has 0 radical (unpaired) electrons. The molecule has 0 bridgehead atoms. The summed E-state index contributed by atoms with van der Waals surface area (Å²) in [5, 5.41) is 13.7. The van der Waals surface area contributed by atoms with Crippen molar-refractivity contribution in [1.29, 1.82) is 0 Å². The molecule has 0 aliphatic heterocycles. The van der Waals surface area contributed by atoms with E-state index in [0.717, 1.165) is 19.3 Å². The van der Waals surface area contributed by atoms with Gasteiger partial charge < -0.3 is 10.4 Å². The van der Waals surface area contributed by atoms with Crippen molar-refractivity contribution in [3.05, 3.63) is 22.4 Å². The second kappa shape index (κ2) is 10.3. The van der Waals surface area contributed by atoms with E-state index in [1.54, 1.807) is 6.07 Å². The Hall–Kier alpha value is -1.69. The molecule has 6 heteroatoms.